The van der Waals surface area contributed by atoms with Gasteiger partial charge in [-0.25, -0.2) is 0 Å². The van der Waals surface area contributed by atoms with E-state index in [0.717, 1.165) is 24.2 Å². The first kappa shape index (κ1) is 12.4. The van der Waals surface area contributed by atoms with Gasteiger partial charge in [0.05, 0.1) is 18.8 Å². The van der Waals surface area contributed by atoms with Crippen LogP contribution >= 0.6 is 0 Å². The Bertz CT molecular complexity index is 347. The van der Waals surface area contributed by atoms with Gasteiger partial charge in [-0.05, 0) is 44.4 Å². The van der Waals surface area contributed by atoms with Gasteiger partial charge in [0, 0.05) is 0 Å². The predicted octanol–water partition coefficient (Wildman–Crippen LogP) is 2.69. The second kappa shape index (κ2) is 5.52. The zero-order chi connectivity index (χ0) is 12.3. The van der Waals surface area contributed by atoms with Crippen molar-refractivity contribution in [3.63, 3.8) is 0 Å². The molecule has 0 bridgehead atoms. The number of ether oxygens (including phenoxy) is 2. The summed E-state index contributed by atoms with van der Waals surface area (Å²) in [5, 5.41) is 10.2. The second-order valence-corrected chi connectivity index (χ2v) is 4.51. The van der Waals surface area contributed by atoms with E-state index in [1.165, 1.54) is 0 Å². The third kappa shape index (κ3) is 2.99. The van der Waals surface area contributed by atoms with Crippen molar-refractivity contribution in [2.24, 2.45) is 0 Å². The van der Waals surface area contributed by atoms with Crippen LogP contribution in [0.3, 0.4) is 0 Å². The molecular formula is C14H20O3. The van der Waals surface area contributed by atoms with Crippen molar-refractivity contribution in [2.45, 2.75) is 45.0 Å². The summed E-state index contributed by atoms with van der Waals surface area (Å²) in [6.07, 6.45) is 1.62. The average molecular weight is 236 g/mol. The highest BCUT2D eigenvalue weighted by atomic mass is 16.5. The van der Waals surface area contributed by atoms with Crippen molar-refractivity contribution >= 4 is 0 Å². The Morgan fingerprint density at radius 2 is 2.06 bits per heavy atom. The number of aliphatic hydroxyl groups excluding tert-OH is 1. The molecule has 1 heterocycles. The molecule has 1 aromatic carbocycles. The fraction of sp³-hybridized carbons (Fsp3) is 0.571. The molecule has 0 radical (unpaired) electrons. The van der Waals surface area contributed by atoms with Gasteiger partial charge in [-0.1, -0.05) is 12.1 Å². The van der Waals surface area contributed by atoms with Crippen LogP contribution in [0.1, 0.15) is 38.4 Å². The van der Waals surface area contributed by atoms with Gasteiger partial charge < -0.3 is 14.6 Å². The molecule has 17 heavy (non-hydrogen) atoms. The van der Waals surface area contributed by atoms with Gasteiger partial charge in [0.15, 0.2) is 0 Å². The fourth-order valence-corrected chi connectivity index (χ4v) is 2.21. The van der Waals surface area contributed by atoms with E-state index in [-0.39, 0.29) is 12.2 Å². The maximum absolute atomic E-state index is 10.2. The Kier molecular flexibility index (Phi) is 4.02. The molecule has 3 heteroatoms. The molecule has 1 fully saturated rings. The highest BCUT2D eigenvalue weighted by Crippen LogP contribution is 2.30. The van der Waals surface area contributed by atoms with Crippen LogP contribution in [-0.2, 0) is 4.74 Å². The lowest BCUT2D eigenvalue weighted by Gasteiger charge is -2.19. The molecule has 0 aromatic heterocycles. The van der Waals surface area contributed by atoms with Gasteiger partial charge in [0.25, 0.3) is 0 Å². The molecule has 0 spiro atoms. The zero-order valence-electron chi connectivity index (χ0n) is 10.4. The maximum atomic E-state index is 10.2. The van der Waals surface area contributed by atoms with Crippen LogP contribution in [0.5, 0.6) is 5.75 Å². The van der Waals surface area contributed by atoms with Gasteiger partial charge in [0.1, 0.15) is 11.9 Å². The molecule has 0 aliphatic carbocycles. The third-order valence-electron chi connectivity index (χ3n) is 3.15. The minimum atomic E-state index is -0.532. The van der Waals surface area contributed by atoms with E-state index < -0.39 is 6.10 Å². The number of rotatable bonds is 4. The molecule has 2 rings (SSSR count). The quantitative estimate of drug-likeness (QED) is 0.873. The van der Waals surface area contributed by atoms with Crippen LogP contribution in [0.4, 0.5) is 0 Å². The minimum Gasteiger partial charge on any atom is -0.494 e. The van der Waals surface area contributed by atoms with E-state index in [9.17, 15) is 5.11 Å². The van der Waals surface area contributed by atoms with Gasteiger partial charge in [-0.15, -0.1) is 0 Å². The zero-order valence-corrected chi connectivity index (χ0v) is 10.4. The van der Waals surface area contributed by atoms with E-state index in [4.69, 9.17) is 9.47 Å². The Morgan fingerprint density at radius 1 is 1.35 bits per heavy atom. The Balaban J connectivity index is 2.01. The van der Waals surface area contributed by atoms with Crippen LogP contribution in [0, 0.1) is 0 Å². The molecule has 1 saturated heterocycles. The second-order valence-electron chi connectivity index (χ2n) is 4.51. The third-order valence-corrected chi connectivity index (χ3v) is 3.15. The summed E-state index contributed by atoms with van der Waals surface area (Å²) < 4.78 is 11.0. The van der Waals surface area contributed by atoms with Crippen molar-refractivity contribution in [3.05, 3.63) is 29.8 Å². The SMILES string of the molecule is CCOc1ccc(C(O)C2CCC(C)O2)cc1. The van der Waals surface area contributed by atoms with Crippen LogP contribution < -0.4 is 4.74 Å². The van der Waals surface area contributed by atoms with E-state index >= 15 is 0 Å². The largest absolute Gasteiger partial charge is 0.494 e. The molecule has 0 amide bonds. The smallest absolute Gasteiger partial charge is 0.119 e. The van der Waals surface area contributed by atoms with Crippen LogP contribution in [0.25, 0.3) is 0 Å². The van der Waals surface area contributed by atoms with Crippen molar-refractivity contribution in [1.82, 2.24) is 0 Å². The summed E-state index contributed by atoms with van der Waals surface area (Å²) in [7, 11) is 0. The standard InChI is InChI=1S/C14H20O3/c1-3-16-12-7-5-11(6-8-12)14(15)13-9-4-10(2)17-13/h5-8,10,13-15H,3-4,9H2,1-2H3. The first-order chi connectivity index (χ1) is 8.20. The Labute approximate surface area is 102 Å². The monoisotopic (exact) mass is 236 g/mol. The predicted molar refractivity (Wildman–Crippen MR) is 66.1 cm³/mol. The number of benzene rings is 1. The normalized spacial score (nSPS) is 25.8. The molecule has 1 aliphatic heterocycles. The van der Waals surface area contributed by atoms with Crippen molar-refractivity contribution < 1.29 is 14.6 Å². The summed E-state index contributed by atoms with van der Waals surface area (Å²) in [6.45, 7) is 4.66. The van der Waals surface area contributed by atoms with Crippen LogP contribution in [-0.4, -0.2) is 23.9 Å². The fourth-order valence-electron chi connectivity index (χ4n) is 2.21. The van der Waals surface area contributed by atoms with E-state index in [1.54, 1.807) is 0 Å². The highest BCUT2D eigenvalue weighted by Gasteiger charge is 2.29. The lowest BCUT2D eigenvalue weighted by Crippen LogP contribution is -2.18. The van der Waals surface area contributed by atoms with Gasteiger partial charge in [-0.3, -0.25) is 0 Å². The topological polar surface area (TPSA) is 38.7 Å². The lowest BCUT2D eigenvalue weighted by atomic mass is 10.0. The Morgan fingerprint density at radius 3 is 2.59 bits per heavy atom. The van der Waals surface area contributed by atoms with Gasteiger partial charge >= 0.3 is 0 Å². The van der Waals surface area contributed by atoms with Crippen LogP contribution in [0.15, 0.2) is 24.3 Å². The average Bonchev–Trinajstić information content (AvgIpc) is 2.76. The molecule has 3 nitrogen and oxygen atoms in total. The van der Waals surface area contributed by atoms with Gasteiger partial charge in [0.2, 0.25) is 0 Å². The van der Waals surface area contributed by atoms with E-state index in [2.05, 4.69) is 0 Å². The summed E-state index contributed by atoms with van der Waals surface area (Å²) in [6, 6.07) is 7.59. The van der Waals surface area contributed by atoms with Gasteiger partial charge in [-0.2, -0.15) is 0 Å². The molecule has 1 aliphatic rings. The van der Waals surface area contributed by atoms with Crippen molar-refractivity contribution in [1.29, 1.82) is 0 Å². The number of hydrogen-bond donors (Lipinski definition) is 1. The molecule has 3 unspecified atom stereocenters. The maximum Gasteiger partial charge on any atom is 0.119 e. The summed E-state index contributed by atoms with van der Waals surface area (Å²) in [5.74, 6) is 0.837. The first-order valence-corrected chi connectivity index (χ1v) is 6.27. The highest BCUT2D eigenvalue weighted by molar-refractivity contribution is 5.29. The number of hydrogen-bond acceptors (Lipinski definition) is 3. The molecule has 1 aromatic rings. The first-order valence-electron chi connectivity index (χ1n) is 6.27. The summed E-state index contributed by atoms with van der Waals surface area (Å²) >= 11 is 0. The van der Waals surface area contributed by atoms with Crippen molar-refractivity contribution in [2.75, 3.05) is 6.61 Å². The molecule has 1 N–H and O–H groups in total. The van der Waals surface area contributed by atoms with Crippen LogP contribution in [0.2, 0.25) is 0 Å². The van der Waals surface area contributed by atoms with Crippen molar-refractivity contribution in [3.8, 4) is 5.75 Å². The summed E-state index contributed by atoms with van der Waals surface area (Å²) in [4.78, 5) is 0. The number of aliphatic hydroxyl groups is 1. The molecule has 0 saturated carbocycles. The molecule has 94 valence electrons. The van der Waals surface area contributed by atoms with E-state index in [1.807, 2.05) is 38.1 Å². The van der Waals surface area contributed by atoms with E-state index in [0.29, 0.717) is 6.61 Å². The molecular weight excluding hydrogens is 216 g/mol. The minimum absolute atomic E-state index is 0.0667. The molecule has 3 atom stereocenters. The summed E-state index contributed by atoms with van der Waals surface area (Å²) in [5.41, 5.74) is 0.896. The lowest BCUT2D eigenvalue weighted by molar-refractivity contribution is -0.0297. The Hall–Kier alpha value is -1.06.